The molecule has 0 unspecified atom stereocenters. The third-order valence-electron chi connectivity index (χ3n) is 1.39. The topological polar surface area (TPSA) is 70.3 Å². The van der Waals surface area contributed by atoms with Crippen molar-refractivity contribution in [1.29, 1.82) is 5.26 Å². The minimum absolute atomic E-state index is 0.205. The summed E-state index contributed by atoms with van der Waals surface area (Å²) in [5.74, 6) is -1.39. The zero-order valence-corrected chi connectivity index (χ0v) is 7.83. The van der Waals surface area contributed by atoms with E-state index in [1.807, 2.05) is 13.0 Å². The second kappa shape index (κ2) is 6.06. The predicted molar refractivity (Wildman–Crippen MR) is 46.8 cm³/mol. The van der Waals surface area contributed by atoms with E-state index in [9.17, 15) is 4.79 Å². The number of ether oxygens (including phenoxy) is 1. The molecule has 0 fully saturated rings. The van der Waals surface area contributed by atoms with Crippen molar-refractivity contribution in [2.24, 2.45) is 0 Å². The maximum absolute atomic E-state index is 10.6. The predicted octanol–water partition coefficient (Wildman–Crippen LogP) is 1.69. The van der Waals surface area contributed by atoms with E-state index < -0.39 is 5.97 Å². The molecule has 0 aliphatic carbocycles. The molecule has 0 heterocycles. The summed E-state index contributed by atoms with van der Waals surface area (Å²) in [6.45, 7) is 3.82. The molecule has 13 heavy (non-hydrogen) atoms. The fourth-order valence-electron chi connectivity index (χ4n) is 0.892. The molecule has 4 heteroatoms. The summed E-state index contributed by atoms with van der Waals surface area (Å²) in [4.78, 5) is 10.6. The third kappa shape index (κ3) is 3.61. The lowest BCUT2D eigenvalue weighted by Crippen LogP contribution is -2.08. The molecular weight excluding hydrogens is 170 g/mol. The Morgan fingerprint density at radius 2 is 2.15 bits per heavy atom. The van der Waals surface area contributed by atoms with Crippen LogP contribution in [0.15, 0.2) is 11.3 Å². The first-order valence-electron chi connectivity index (χ1n) is 4.16. The van der Waals surface area contributed by atoms with Crippen molar-refractivity contribution in [1.82, 2.24) is 0 Å². The standard InChI is InChI=1S/C9H13NO3/c1-3-5-7(6-10)8(9(11)12)13-4-2/h3-5H2,1-2H3,(H,11,12)/b8-7+. The van der Waals surface area contributed by atoms with Gasteiger partial charge in [0.05, 0.1) is 18.2 Å². The van der Waals surface area contributed by atoms with Crippen molar-refractivity contribution in [2.45, 2.75) is 26.7 Å². The first kappa shape index (κ1) is 11.5. The summed E-state index contributed by atoms with van der Waals surface area (Å²) >= 11 is 0. The van der Waals surface area contributed by atoms with Gasteiger partial charge in [0.1, 0.15) is 0 Å². The van der Waals surface area contributed by atoms with E-state index in [-0.39, 0.29) is 17.9 Å². The summed E-state index contributed by atoms with van der Waals surface area (Å²) in [5.41, 5.74) is 0.205. The number of hydrogen-bond donors (Lipinski definition) is 1. The highest BCUT2D eigenvalue weighted by atomic mass is 16.5. The average molecular weight is 183 g/mol. The molecule has 0 aromatic carbocycles. The Morgan fingerprint density at radius 1 is 1.54 bits per heavy atom. The second-order valence-corrected chi connectivity index (χ2v) is 2.41. The monoisotopic (exact) mass is 183 g/mol. The Kier molecular flexibility index (Phi) is 5.37. The molecule has 0 saturated heterocycles. The fourth-order valence-corrected chi connectivity index (χ4v) is 0.892. The minimum Gasteiger partial charge on any atom is -0.486 e. The van der Waals surface area contributed by atoms with Gasteiger partial charge in [-0.2, -0.15) is 5.26 Å². The normalized spacial score (nSPS) is 11.5. The van der Waals surface area contributed by atoms with Crippen molar-refractivity contribution in [3.63, 3.8) is 0 Å². The summed E-state index contributed by atoms with van der Waals surface area (Å²) in [6.07, 6.45) is 1.17. The molecule has 0 spiro atoms. The van der Waals surface area contributed by atoms with Crippen LogP contribution in [-0.4, -0.2) is 17.7 Å². The molecule has 0 rings (SSSR count). The average Bonchev–Trinajstić information content (AvgIpc) is 2.10. The van der Waals surface area contributed by atoms with Gasteiger partial charge in [-0.05, 0) is 13.3 Å². The number of nitriles is 1. The van der Waals surface area contributed by atoms with E-state index in [1.165, 1.54) is 0 Å². The molecule has 0 aromatic heterocycles. The fraction of sp³-hybridized carbons (Fsp3) is 0.556. The van der Waals surface area contributed by atoms with E-state index >= 15 is 0 Å². The van der Waals surface area contributed by atoms with Crippen molar-refractivity contribution < 1.29 is 14.6 Å². The van der Waals surface area contributed by atoms with Gasteiger partial charge in [-0.15, -0.1) is 0 Å². The third-order valence-corrected chi connectivity index (χ3v) is 1.39. The van der Waals surface area contributed by atoms with Crippen LogP contribution in [-0.2, 0) is 9.53 Å². The van der Waals surface area contributed by atoms with E-state index in [1.54, 1.807) is 6.92 Å². The Balaban J connectivity index is 4.80. The molecule has 0 aliphatic rings. The largest absolute Gasteiger partial charge is 0.486 e. The molecule has 0 aliphatic heterocycles. The van der Waals surface area contributed by atoms with Crippen LogP contribution in [0.1, 0.15) is 26.7 Å². The maximum atomic E-state index is 10.6. The summed E-state index contributed by atoms with van der Waals surface area (Å²) in [5, 5.41) is 17.4. The smallest absolute Gasteiger partial charge is 0.372 e. The molecular formula is C9H13NO3. The van der Waals surface area contributed by atoms with E-state index in [0.29, 0.717) is 6.42 Å². The van der Waals surface area contributed by atoms with Crippen LogP contribution >= 0.6 is 0 Å². The van der Waals surface area contributed by atoms with Crippen LogP contribution in [0.4, 0.5) is 0 Å². The summed E-state index contributed by atoms with van der Waals surface area (Å²) in [6, 6.07) is 1.84. The lowest BCUT2D eigenvalue weighted by Gasteiger charge is -2.05. The molecule has 0 atom stereocenters. The lowest BCUT2D eigenvalue weighted by molar-refractivity contribution is -0.136. The molecule has 0 bridgehead atoms. The molecule has 1 N–H and O–H groups in total. The van der Waals surface area contributed by atoms with Crippen LogP contribution in [0, 0.1) is 11.3 Å². The number of carbonyl (C=O) groups is 1. The van der Waals surface area contributed by atoms with Gasteiger partial charge >= 0.3 is 5.97 Å². The quantitative estimate of drug-likeness (QED) is 0.400. The van der Waals surface area contributed by atoms with E-state index in [4.69, 9.17) is 15.1 Å². The van der Waals surface area contributed by atoms with Crippen molar-refractivity contribution >= 4 is 5.97 Å². The van der Waals surface area contributed by atoms with Gasteiger partial charge in [-0.1, -0.05) is 13.3 Å². The highest BCUT2D eigenvalue weighted by molar-refractivity contribution is 5.86. The Morgan fingerprint density at radius 3 is 2.46 bits per heavy atom. The molecule has 0 saturated carbocycles. The van der Waals surface area contributed by atoms with Crippen LogP contribution in [0.25, 0.3) is 0 Å². The number of carboxylic acid groups (broad SMARTS) is 1. The van der Waals surface area contributed by atoms with Crippen molar-refractivity contribution in [3.8, 4) is 6.07 Å². The van der Waals surface area contributed by atoms with E-state index in [2.05, 4.69) is 0 Å². The first-order valence-corrected chi connectivity index (χ1v) is 4.16. The number of aliphatic carboxylic acids is 1. The Bertz CT molecular complexity index is 250. The molecule has 0 aromatic rings. The number of carboxylic acids is 1. The van der Waals surface area contributed by atoms with Gasteiger partial charge in [0.2, 0.25) is 5.76 Å². The summed E-state index contributed by atoms with van der Waals surface area (Å²) in [7, 11) is 0. The maximum Gasteiger partial charge on any atom is 0.372 e. The zero-order chi connectivity index (χ0) is 10.3. The lowest BCUT2D eigenvalue weighted by atomic mass is 10.1. The van der Waals surface area contributed by atoms with Crippen LogP contribution in [0.2, 0.25) is 0 Å². The summed E-state index contributed by atoms with van der Waals surface area (Å²) < 4.78 is 4.87. The molecule has 0 amide bonds. The number of hydrogen-bond acceptors (Lipinski definition) is 3. The second-order valence-electron chi connectivity index (χ2n) is 2.41. The van der Waals surface area contributed by atoms with Crippen LogP contribution in [0.3, 0.4) is 0 Å². The highest BCUT2D eigenvalue weighted by Gasteiger charge is 2.14. The van der Waals surface area contributed by atoms with Gasteiger partial charge in [0.15, 0.2) is 0 Å². The van der Waals surface area contributed by atoms with Crippen LogP contribution in [0.5, 0.6) is 0 Å². The van der Waals surface area contributed by atoms with Crippen molar-refractivity contribution in [3.05, 3.63) is 11.3 Å². The molecule has 72 valence electrons. The SMILES string of the molecule is CCC/C(C#N)=C(\OCC)C(=O)O. The minimum atomic E-state index is -1.17. The number of nitrogens with zero attached hydrogens (tertiary/aromatic N) is 1. The Labute approximate surface area is 77.4 Å². The number of rotatable bonds is 5. The first-order chi connectivity index (χ1) is 6.17. The van der Waals surface area contributed by atoms with Gasteiger partial charge < -0.3 is 9.84 Å². The zero-order valence-electron chi connectivity index (χ0n) is 7.83. The number of allylic oxidation sites excluding steroid dienone is 1. The van der Waals surface area contributed by atoms with Crippen molar-refractivity contribution in [2.75, 3.05) is 6.61 Å². The Hall–Kier alpha value is -1.50. The molecule has 0 radical (unpaired) electrons. The van der Waals surface area contributed by atoms with Gasteiger partial charge in [0, 0.05) is 0 Å². The van der Waals surface area contributed by atoms with Gasteiger partial charge in [-0.3, -0.25) is 0 Å². The van der Waals surface area contributed by atoms with E-state index in [0.717, 1.165) is 6.42 Å². The highest BCUT2D eigenvalue weighted by Crippen LogP contribution is 2.11. The van der Waals surface area contributed by atoms with Gasteiger partial charge in [0.25, 0.3) is 0 Å². The van der Waals surface area contributed by atoms with Crippen LogP contribution < -0.4 is 0 Å². The van der Waals surface area contributed by atoms with Gasteiger partial charge in [-0.25, -0.2) is 4.79 Å². The molecule has 4 nitrogen and oxygen atoms in total.